The summed E-state index contributed by atoms with van der Waals surface area (Å²) < 4.78 is 19.3. The third-order valence-corrected chi connectivity index (χ3v) is 4.02. The highest BCUT2D eigenvalue weighted by atomic mass is 19.1. The van der Waals surface area contributed by atoms with Crippen LogP contribution in [0, 0.1) is 5.82 Å². The van der Waals surface area contributed by atoms with Gasteiger partial charge in [-0.15, -0.1) is 0 Å². The fraction of sp³-hybridized carbons (Fsp3) is 0.200. The molecule has 3 rings (SSSR count). The molecule has 0 aliphatic carbocycles. The number of nitrogens with one attached hydrogen (secondary N) is 2. The first kappa shape index (κ1) is 20.0. The van der Waals surface area contributed by atoms with Crippen molar-refractivity contribution in [2.45, 2.75) is 19.9 Å². The van der Waals surface area contributed by atoms with E-state index in [1.165, 1.54) is 28.9 Å². The number of rotatable bonds is 6. The molecular weight excluding hydrogens is 379 g/mol. The molecule has 0 aliphatic rings. The summed E-state index contributed by atoms with van der Waals surface area (Å²) >= 11 is 0. The SMILES string of the molecule is CCCn1nc(C(=O)NNC(=O)COc2ccc(F)cc2)c2ccccc2c1=O. The van der Waals surface area contributed by atoms with E-state index in [9.17, 15) is 18.8 Å². The second-order valence-corrected chi connectivity index (χ2v) is 6.17. The highest BCUT2D eigenvalue weighted by molar-refractivity contribution is 6.05. The predicted octanol–water partition coefficient (Wildman–Crippen LogP) is 1.79. The van der Waals surface area contributed by atoms with Crippen molar-refractivity contribution in [1.82, 2.24) is 20.6 Å². The summed E-state index contributed by atoms with van der Waals surface area (Å²) in [6, 6.07) is 11.8. The summed E-state index contributed by atoms with van der Waals surface area (Å²) in [6.45, 7) is 1.88. The number of ether oxygens (including phenoxy) is 1. The zero-order valence-corrected chi connectivity index (χ0v) is 15.6. The first-order valence-corrected chi connectivity index (χ1v) is 8.97. The summed E-state index contributed by atoms with van der Waals surface area (Å²) in [5, 5.41) is 4.90. The van der Waals surface area contributed by atoms with Crippen LogP contribution >= 0.6 is 0 Å². The van der Waals surface area contributed by atoms with Crippen LogP contribution < -0.4 is 21.1 Å². The Hall–Kier alpha value is -3.75. The standard InChI is InChI=1S/C20H19FN4O4/c1-2-11-25-20(28)16-6-4-3-5-15(16)18(24-25)19(27)23-22-17(26)12-29-14-9-7-13(21)8-10-14/h3-10H,2,11-12H2,1H3,(H,22,26)(H,23,27). The van der Waals surface area contributed by atoms with E-state index in [0.29, 0.717) is 29.5 Å². The van der Waals surface area contributed by atoms with Gasteiger partial charge in [0.2, 0.25) is 0 Å². The number of hydrazine groups is 1. The van der Waals surface area contributed by atoms with Gasteiger partial charge in [0.15, 0.2) is 12.3 Å². The number of amides is 2. The molecular formula is C20H19FN4O4. The van der Waals surface area contributed by atoms with E-state index in [0.717, 1.165) is 0 Å². The Morgan fingerprint density at radius 2 is 1.76 bits per heavy atom. The van der Waals surface area contributed by atoms with Crippen molar-refractivity contribution in [3.05, 3.63) is 70.4 Å². The van der Waals surface area contributed by atoms with Crippen LogP contribution in [-0.2, 0) is 11.3 Å². The van der Waals surface area contributed by atoms with Crippen LogP contribution in [0.1, 0.15) is 23.8 Å². The molecule has 1 aromatic heterocycles. The zero-order valence-electron chi connectivity index (χ0n) is 15.6. The summed E-state index contributed by atoms with van der Waals surface area (Å²) in [6.07, 6.45) is 0.670. The molecule has 0 unspecified atom stereocenters. The molecule has 0 fully saturated rings. The maximum Gasteiger partial charge on any atom is 0.290 e. The Labute approximate surface area is 165 Å². The van der Waals surface area contributed by atoms with Crippen LogP contribution in [0.15, 0.2) is 53.3 Å². The van der Waals surface area contributed by atoms with Gasteiger partial charge in [0, 0.05) is 11.9 Å². The molecule has 0 aliphatic heterocycles. The average molecular weight is 398 g/mol. The van der Waals surface area contributed by atoms with Gasteiger partial charge in [0.05, 0.1) is 5.39 Å². The van der Waals surface area contributed by atoms with Crippen molar-refractivity contribution in [2.75, 3.05) is 6.61 Å². The maximum absolute atomic E-state index is 12.9. The van der Waals surface area contributed by atoms with Gasteiger partial charge < -0.3 is 4.74 Å². The Morgan fingerprint density at radius 1 is 1.07 bits per heavy atom. The number of hydrogen-bond donors (Lipinski definition) is 2. The van der Waals surface area contributed by atoms with Crippen LogP contribution in [-0.4, -0.2) is 28.2 Å². The summed E-state index contributed by atoms with van der Waals surface area (Å²) in [7, 11) is 0. The van der Waals surface area contributed by atoms with Crippen molar-refractivity contribution in [3.8, 4) is 5.75 Å². The predicted molar refractivity (Wildman–Crippen MR) is 104 cm³/mol. The van der Waals surface area contributed by atoms with E-state index in [-0.39, 0.29) is 17.9 Å². The van der Waals surface area contributed by atoms with Crippen molar-refractivity contribution in [2.24, 2.45) is 0 Å². The third kappa shape index (κ3) is 4.75. The van der Waals surface area contributed by atoms with Crippen molar-refractivity contribution >= 4 is 22.6 Å². The van der Waals surface area contributed by atoms with Gasteiger partial charge in [-0.25, -0.2) is 9.07 Å². The number of carbonyl (C=O) groups is 2. The molecule has 0 radical (unpaired) electrons. The number of halogens is 1. The van der Waals surface area contributed by atoms with Gasteiger partial charge >= 0.3 is 0 Å². The summed E-state index contributed by atoms with van der Waals surface area (Å²) in [4.78, 5) is 36.9. The molecule has 0 spiro atoms. The van der Waals surface area contributed by atoms with Gasteiger partial charge in [-0.05, 0) is 36.8 Å². The molecule has 2 N–H and O–H groups in total. The van der Waals surface area contributed by atoms with E-state index in [4.69, 9.17) is 4.74 Å². The Bertz CT molecular complexity index is 1100. The van der Waals surface area contributed by atoms with Gasteiger partial charge in [-0.3, -0.25) is 25.2 Å². The first-order valence-electron chi connectivity index (χ1n) is 8.97. The van der Waals surface area contributed by atoms with E-state index < -0.39 is 17.6 Å². The maximum atomic E-state index is 12.9. The van der Waals surface area contributed by atoms with Gasteiger partial charge in [-0.2, -0.15) is 5.10 Å². The molecule has 8 nitrogen and oxygen atoms in total. The highest BCUT2D eigenvalue weighted by Gasteiger charge is 2.17. The summed E-state index contributed by atoms with van der Waals surface area (Å²) in [5.41, 5.74) is 4.24. The molecule has 2 amide bonds. The van der Waals surface area contributed by atoms with Crippen LogP contribution in [0.4, 0.5) is 4.39 Å². The third-order valence-electron chi connectivity index (χ3n) is 4.02. The quantitative estimate of drug-likeness (QED) is 0.617. The lowest BCUT2D eigenvalue weighted by Crippen LogP contribution is -2.44. The van der Waals surface area contributed by atoms with E-state index in [1.807, 2.05) is 6.92 Å². The molecule has 0 atom stereocenters. The van der Waals surface area contributed by atoms with Crippen LogP contribution in [0.2, 0.25) is 0 Å². The molecule has 0 saturated heterocycles. The lowest BCUT2D eigenvalue weighted by atomic mass is 10.1. The van der Waals surface area contributed by atoms with E-state index >= 15 is 0 Å². The van der Waals surface area contributed by atoms with Gasteiger partial charge in [-0.1, -0.05) is 25.1 Å². The molecule has 0 saturated carbocycles. The second kappa shape index (κ2) is 8.96. The van der Waals surface area contributed by atoms with Crippen LogP contribution in [0.5, 0.6) is 5.75 Å². The number of nitrogens with zero attached hydrogens (tertiary/aromatic N) is 2. The summed E-state index contributed by atoms with van der Waals surface area (Å²) in [5.74, 6) is -1.39. The Morgan fingerprint density at radius 3 is 2.45 bits per heavy atom. The van der Waals surface area contributed by atoms with E-state index in [2.05, 4.69) is 16.0 Å². The fourth-order valence-electron chi connectivity index (χ4n) is 2.67. The Kier molecular flexibility index (Phi) is 6.18. The van der Waals surface area contributed by atoms with Crippen LogP contribution in [0.25, 0.3) is 10.8 Å². The number of benzene rings is 2. The number of aryl methyl sites for hydroxylation is 1. The topological polar surface area (TPSA) is 102 Å². The number of fused-ring (bicyclic) bond motifs is 1. The smallest absolute Gasteiger partial charge is 0.290 e. The number of aromatic nitrogens is 2. The molecule has 2 aromatic carbocycles. The van der Waals surface area contributed by atoms with Crippen LogP contribution in [0.3, 0.4) is 0 Å². The molecule has 0 bridgehead atoms. The van der Waals surface area contributed by atoms with Crippen molar-refractivity contribution < 1.29 is 18.7 Å². The minimum atomic E-state index is -0.666. The fourth-order valence-corrected chi connectivity index (χ4v) is 2.67. The molecule has 9 heteroatoms. The largest absolute Gasteiger partial charge is 0.484 e. The average Bonchev–Trinajstić information content (AvgIpc) is 2.73. The Balaban J connectivity index is 1.69. The van der Waals surface area contributed by atoms with Crippen molar-refractivity contribution in [1.29, 1.82) is 0 Å². The number of carbonyl (C=O) groups excluding carboxylic acids is 2. The minimum absolute atomic E-state index is 0.0217. The first-order chi connectivity index (χ1) is 14.0. The highest BCUT2D eigenvalue weighted by Crippen LogP contribution is 2.13. The normalized spacial score (nSPS) is 10.6. The van der Waals surface area contributed by atoms with Gasteiger partial charge in [0.1, 0.15) is 11.6 Å². The monoisotopic (exact) mass is 398 g/mol. The zero-order chi connectivity index (χ0) is 20.8. The lowest BCUT2D eigenvalue weighted by molar-refractivity contribution is -0.123. The second-order valence-electron chi connectivity index (χ2n) is 6.17. The number of hydrogen-bond acceptors (Lipinski definition) is 5. The molecule has 1 heterocycles. The van der Waals surface area contributed by atoms with Crippen molar-refractivity contribution in [3.63, 3.8) is 0 Å². The minimum Gasteiger partial charge on any atom is -0.484 e. The molecule has 3 aromatic rings. The van der Waals surface area contributed by atoms with E-state index in [1.54, 1.807) is 24.3 Å². The molecule has 29 heavy (non-hydrogen) atoms. The van der Waals surface area contributed by atoms with Gasteiger partial charge in [0.25, 0.3) is 17.4 Å². The molecule has 150 valence electrons. The lowest BCUT2D eigenvalue weighted by Gasteiger charge is -2.11.